The molecule has 0 atom stereocenters. The number of benzene rings is 2. The zero-order valence-electron chi connectivity index (χ0n) is 14.1. The lowest BCUT2D eigenvalue weighted by atomic mass is 10.3. The Balaban J connectivity index is 1.57. The molecule has 1 amide bonds. The standard InChI is InChI=1S/C18H20ClN3O3S/c19-16-8-4-5-9-17(16)26(24,25)22-12-10-21(11-13-22)18(23)14-20-15-6-2-1-3-7-15/h1-9,20H,10-14H2. The molecule has 0 aliphatic carbocycles. The fourth-order valence-corrected chi connectivity index (χ4v) is 4.73. The van der Waals surface area contributed by atoms with Gasteiger partial charge in [-0.25, -0.2) is 8.42 Å². The molecule has 1 aliphatic heterocycles. The van der Waals surface area contributed by atoms with Gasteiger partial charge in [0.05, 0.1) is 11.6 Å². The Morgan fingerprint density at radius 2 is 1.58 bits per heavy atom. The monoisotopic (exact) mass is 393 g/mol. The van der Waals surface area contributed by atoms with E-state index < -0.39 is 10.0 Å². The molecule has 1 saturated heterocycles. The summed E-state index contributed by atoms with van der Waals surface area (Å²) < 4.78 is 26.8. The smallest absolute Gasteiger partial charge is 0.244 e. The second-order valence-electron chi connectivity index (χ2n) is 5.93. The van der Waals surface area contributed by atoms with Gasteiger partial charge in [-0.2, -0.15) is 4.31 Å². The van der Waals surface area contributed by atoms with E-state index in [9.17, 15) is 13.2 Å². The van der Waals surface area contributed by atoms with Gasteiger partial charge in [-0.05, 0) is 24.3 Å². The summed E-state index contributed by atoms with van der Waals surface area (Å²) in [4.78, 5) is 14.1. The van der Waals surface area contributed by atoms with Crippen molar-refractivity contribution in [3.8, 4) is 0 Å². The van der Waals surface area contributed by atoms with Gasteiger partial charge in [0.2, 0.25) is 15.9 Å². The van der Waals surface area contributed by atoms with Gasteiger partial charge in [-0.3, -0.25) is 4.79 Å². The molecule has 0 saturated carbocycles. The molecule has 0 spiro atoms. The van der Waals surface area contributed by atoms with Gasteiger partial charge in [0.15, 0.2) is 0 Å². The van der Waals surface area contributed by atoms with E-state index in [0.717, 1.165) is 5.69 Å². The van der Waals surface area contributed by atoms with Crippen molar-refractivity contribution in [1.82, 2.24) is 9.21 Å². The maximum atomic E-state index is 12.7. The summed E-state index contributed by atoms with van der Waals surface area (Å²) in [6.45, 7) is 1.41. The highest BCUT2D eigenvalue weighted by molar-refractivity contribution is 7.89. The third-order valence-corrected chi connectivity index (χ3v) is 6.66. The third kappa shape index (κ3) is 4.17. The molecule has 3 rings (SSSR count). The predicted molar refractivity (Wildman–Crippen MR) is 102 cm³/mol. The number of halogens is 1. The van der Waals surface area contributed by atoms with Crippen molar-refractivity contribution in [2.24, 2.45) is 0 Å². The second-order valence-corrected chi connectivity index (χ2v) is 8.25. The largest absolute Gasteiger partial charge is 0.376 e. The Labute approximate surface area is 158 Å². The van der Waals surface area contributed by atoms with Crippen LogP contribution in [0, 0.1) is 0 Å². The fraction of sp³-hybridized carbons (Fsp3) is 0.278. The van der Waals surface area contributed by atoms with Crippen LogP contribution < -0.4 is 5.32 Å². The number of anilines is 1. The molecule has 26 heavy (non-hydrogen) atoms. The number of hydrogen-bond acceptors (Lipinski definition) is 4. The zero-order chi connectivity index (χ0) is 18.6. The molecule has 1 fully saturated rings. The van der Waals surface area contributed by atoms with Gasteiger partial charge in [0, 0.05) is 31.9 Å². The topological polar surface area (TPSA) is 69.7 Å². The van der Waals surface area contributed by atoms with E-state index in [1.54, 1.807) is 23.1 Å². The Morgan fingerprint density at radius 1 is 0.962 bits per heavy atom. The predicted octanol–water partition coefficient (Wildman–Crippen LogP) is 2.29. The van der Waals surface area contributed by atoms with Crippen molar-refractivity contribution in [2.75, 3.05) is 38.0 Å². The Hall–Kier alpha value is -2.09. The molecule has 0 radical (unpaired) electrons. The zero-order valence-corrected chi connectivity index (χ0v) is 15.7. The van der Waals surface area contributed by atoms with Crippen molar-refractivity contribution in [3.63, 3.8) is 0 Å². The van der Waals surface area contributed by atoms with E-state index in [4.69, 9.17) is 11.6 Å². The van der Waals surface area contributed by atoms with Gasteiger partial charge < -0.3 is 10.2 Å². The van der Waals surface area contributed by atoms with E-state index in [0.29, 0.717) is 13.1 Å². The van der Waals surface area contributed by atoms with Crippen molar-refractivity contribution in [1.29, 1.82) is 0 Å². The van der Waals surface area contributed by atoms with Crippen LogP contribution in [0.4, 0.5) is 5.69 Å². The highest BCUT2D eigenvalue weighted by atomic mass is 35.5. The lowest BCUT2D eigenvalue weighted by Gasteiger charge is -2.34. The summed E-state index contributed by atoms with van der Waals surface area (Å²) in [6, 6.07) is 15.9. The Kier molecular flexibility index (Phi) is 5.80. The number of nitrogens with one attached hydrogen (secondary N) is 1. The van der Waals surface area contributed by atoms with Crippen LogP contribution in [0.15, 0.2) is 59.5 Å². The van der Waals surface area contributed by atoms with Crippen LogP contribution in [0.2, 0.25) is 5.02 Å². The Bertz CT molecular complexity index is 866. The Morgan fingerprint density at radius 3 is 2.23 bits per heavy atom. The number of nitrogens with zero attached hydrogens (tertiary/aromatic N) is 2. The van der Waals surface area contributed by atoms with Crippen LogP contribution in [0.25, 0.3) is 0 Å². The first kappa shape index (κ1) is 18.7. The average molecular weight is 394 g/mol. The minimum atomic E-state index is -3.65. The lowest BCUT2D eigenvalue weighted by molar-refractivity contribution is -0.130. The summed E-state index contributed by atoms with van der Waals surface area (Å²) >= 11 is 6.03. The first-order valence-corrected chi connectivity index (χ1v) is 10.1. The molecular formula is C18H20ClN3O3S. The number of carbonyl (C=O) groups excluding carboxylic acids is 1. The van der Waals surface area contributed by atoms with Crippen LogP contribution in [-0.4, -0.2) is 56.3 Å². The van der Waals surface area contributed by atoms with Crippen molar-refractivity contribution < 1.29 is 13.2 Å². The summed E-state index contributed by atoms with van der Waals surface area (Å²) in [5, 5.41) is 3.28. The van der Waals surface area contributed by atoms with Crippen molar-refractivity contribution in [3.05, 3.63) is 59.6 Å². The maximum Gasteiger partial charge on any atom is 0.244 e. The molecular weight excluding hydrogens is 374 g/mol. The first-order chi connectivity index (χ1) is 12.5. The van der Waals surface area contributed by atoms with Gasteiger partial charge in [-0.15, -0.1) is 0 Å². The van der Waals surface area contributed by atoms with Crippen LogP contribution in [-0.2, 0) is 14.8 Å². The quantitative estimate of drug-likeness (QED) is 0.846. The second kappa shape index (κ2) is 8.07. The highest BCUT2D eigenvalue weighted by Crippen LogP contribution is 2.25. The molecule has 8 heteroatoms. The number of hydrogen-bond donors (Lipinski definition) is 1. The van der Waals surface area contributed by atoms with Crippen LogP contribution in [0.3, 0.4) is 0 Å². The highest BCUT2D eigenvalue weighted by Gasteiger charge is 2.31. The van der Waals surface area contributed by atoms with Gasteiger partial charge in [0.25, 0.3) is 0 Å². The van der Waals surface area contributed by atoms with Gasteiger partial charge >= 0.3 is 0 Å². The molecule has 0 unspecified atom stereocenters. The van der Waals surface area contributed by atoms with Crippen molar-refractivity contribution in [2.45, 2.75) is 4.90 Å². The summed E-state index contributed by atoms with van der Waals surface area (Å²) in [7, 11) is -3.65. The van der Waals surface area contributed by atoms with Crippen LogP contribution >= 0.6 is 11.6 Å². The molecule has 1 N–H and O–H groups in total. The van der Waals surface area contributed by atoms with E-state index in [1.807, 2.05) is 30.3 Å². The number of rotatable bonds is 5. The number of amides is 1. The normalized spacial score (nSPS) is 15.7. The minimum Gasteiger partial charge on any atom is -0.376 e. The molecule has 2 aromatic carbocycles. The van der Waals surface area contributed by atoms with Crippen LogP contribution in [0.5, 0.6) is 0 Å². The van der Waals surface area contributed by atoms with E-state index in [1.165, 1.54) is 10.4 Å². The van der Waals surface area contributed by atoms with E-state index >= 15 is 0 Å². The number of piperazine rings is 1. The maximum absolute atomic E-state index is 12.7. The number of para-hydroxylation sites is 1. The summed E-state index contributed by atoms with van der Waals surface area (Å²) in [5.74, 6) is -0.0522. The summed E-state index contributed by atoms with van der Waals surface area (Å²) in [6.07, 6.45) is 0. The van der Waals surface area contributed by atoms with Gasteiger partial charge in [-0.1, -0.05) is 41.9 Å². The van der Waals surface area contributed by atoms with E-state index in [-0.39, 0.29) is 35.5 Å². The van der Waals surface area contributed by atoms with Crippen molar-refractivity contribution >= 4 is 33.2 Å². The molecule has 1 heterocycles. The molecule has 1 aliphatic rings. The number of sulfonamides is 1. The molecule has 6 nitrogen and oxygen atoms in total. The average Bonchev–Trinajstić information content (AvgIpc) is 2.67. The molecule has 2 aromatic rings. The van der Waals surface area contributed by atoms with Crippen LogP contribution in [0.1, 0.15) is 0 Å². The molecule has 0 bridgehead atoms. The summed E-state index contributed by atoms with van der Waals surface area (Å²) in [5.41, 5.74) is 0.876. The van der Waals surface area contributed by atoms with Gasteiger partial charge in [0.1, 0.15) is 4.90 Å². The SMILES string of the molecule is O=C(CNc1ccccc1)N1CCN(S(=O)(=O)c2ccccc2Cl)CC1. The molecule has 0 aromatic heterocycles. The minimum absolute atomic E-state index is 0.0522. The first-order valence-electron chi connectivity index (χ1n) is 8.30. The fourth-order valence-electron chi connectivity index (χ4n) is 2.82. The van der Waals surface area contributed by atoms with E-state index in [2.05, 4.69) is 5.32 Å². The molecule has 138 valence electrons. The third-order valence-electron chi connectivity index (χ3n) is 4.26. The lowest BCUT2D eigenvalue weighted by Crippen LogP contribution is -2.51. The number of carbonyl (C=O) groups is 1.